The van der Waals surface area contributed by atoms with Gasteiger partial charge in [-0.15, -0.1) is 0 Å². The molecule has 2 atom stereocenters. The quantitative estimate of drug-likeness (QED) is 0.788. The Balaban J connectivity index is 1.44. The standard InChI is InChI=1S/C24H27F2N3O2/c1-16-19(26)4-2-5-20(16)27-23(30)15-28-13-12-22-21(28)6-3-7-24(31)29(22)14-17-8-10-18(25)11-9-17/h2,4-5,8-11,21-22H,3,6-7,12-15H2,1H3,(H,27,30)/t21-,22-/m1/s1. The van der Waals surface area contributed by atoms with E-state index in [0.717, 1.165) is 31.4 Å². The molecule has 2 aliphatic rings. The second-order valence-electron chi connectivity index (χ2n) is 8.39. The van der Waals surface area contributed by atoms with Crippen molar-refractivity contribution in [3.8, 4) is 0 Å². The summed E-state index contributed by atoms with van der Waals surface area (Å²) in [5, 5.41) is 2.82. The fraction of sp³-hybridized carbons (Fsp3) is 0.417. The topological polar surface area (TPSA) is 52.7 Å². The van der Waals surface area contributed by atoms with Crippen molar-refractivity contribution >= 4 is 17.5 Å². The minimum Gasteiger partial charge on any atom is -0.334 e. The number of nitrogens with one attached hydrogen (secondary N) is 1. The van der Waals surface area contributed by atoms with Crippen molar-refractivity contribution in [1.82, 2.24) is 9.80 Å². The van der Waals surface area contributed by atoms with Crippen LogP contribution in [0, 0.1) is 18.6 Å². The molecule has 164 valence electrons. The van der Waals surface area contributed by atoms with Gasteiger partial charge in [-0.3, -0.25) is 14.5 Å². The normalized spacial score (nSPS) is 21.6. The zero-order valence-electron chi connectivity index (χ0n) is 17.6. The van der Waals surface area contributed by atoms with E-state index < -0.39 is 0 Å². The highest BCUT2D eigenvalue weighted by Crippen LogP contribution is 2.31. The summed E-state index contributed by atoms with van der Waals surface area (Å²) in [6, 6.07) is 11.0. The van der Waals surface area contributed by atoms with E-state index >= 15 is 0 Å². The summed E-state index contributed by atoms with van der Waals surface area (Å²) in [6.45, 7) is 3.01. The third kappa shape index (κ3) is 4.77. The smallest absolute Gasteiger partial charge is 0.238 e. The Kier molecular flexibility index (Phi) is 6.32. The molecule has 2 fully saturated rings. The van der Waals surface area contributed by atoms with Crippen LogP contribution in [0.2, 0.25) is 0 Å². The number of amides is 2. The van der Waals surface area contributed by atoms with Gasteiger partial charge >= 0.3 is 0 Å². The predicted molar refractivity (Wildman–Crippen MR) is 114 cm³/mol. The van der Waals surface area contributed by atoms with Gasteiger partial charge in [0.1, 0.15) is 11.6 Å². The Morgan fingerprint density at radius 3 is 2.65 bits per heavy atom. The minimum absolute atomic E-state index is 0.0313. The van der Waals surface area contributed by atoms with E-state index in [1.165, 1.54) is 18.2 Å². The molecular formula is C24H27F2N3O2. The highest BCUT2D eigenvalue weighted by molar-refractivity contribution is 5.93. The van der Waals surface area contributed by atoms with Crippen LogP contribution < -0.4 is 5.32 Å². The van der Waals surface area contributed by atoms with Crippen LogP contribution in [0.4, 0.5) is 14.5 Å². The fourth-order valence-electron chi connectivity index (χ4n) is 4.73. The maximum atomic E-state index is 13.8. The second kappa shape index (κ2) is 9.14. The Morgan fingerprint density at radius 1 is 1.10 bits per heavy atom. The Bertz CT molecular complexity index is 964. The van der Waals surface area contributed by atoms with Crippen LogP contribution in [0.5, 0.6) is 0 Å². The zero-order valence-corrected chi connectivity index (χ0v) is 17.6. The van der Waals surface area contributed by atoms with Crippen molar-refractivity contribution in [2.24, 2.45) is 0 Å². The summed E-state index contributed by atoms with van der Waals surface area (Å²) in [5.74, 6) is -0.721. The van der Waals surface area contributed by atoms with Gasteiger partial charge in [-0.2, -0.15) is 0 Å². The SMILES string of the molecule is Cc1c(F)cccc1NC(=O)CN1CC[C@@H]2[C@H]1CCCC(=O)N2Cc1ccc(F)cc1. The lowest BCUT2D eigenvalue weighted by molar-refractivity contribution is -0.133. The Morgan fingerprint density at radius 2 is 1.87 bits per heavy atom. The summed E-state index contributed by atoms with van der Waals surface area (Å²) in [5.41, 5.74) is 1.79. The number of nitrogens with zero attached hydrogens (tertiary/aromatic N) is 2. The molecule has 2 amide bonds. The molecule has 0 unspecified atom stereocenters. The van der Waals surface area contributed by atoms with Gasteiger partial charge in [0, 0.05) is 42.8 Å². The highest BCUT2D eigenvalue weighted by Gasteiger charge is 2.41. The van der Waals surface area contributed by atoms with E-state index in [-0.39, 0.29) is 42.1 Å². The number of halogens is 2. The van der Waals surface area contributed by atoms with Crippen LogP contribution in [0.25, 0.3) is 0 Å². The molecule has 2 heterocycles. The number of rotatable bonds is 5. The van der Waals surface area contributed by atoms with Crippen molar-refractivity contribution in [3.05, 3.63) is 65.2 Å². The molecule has 1 N–H and O–H groups in total. The molecule has 0 spiro atoms. The molecule has 0 saturated carbocycles. The average molecular weight is 427 g/mol. The van der Waals surface area contributed by atoms with Gasteiger partial charge in [0.15, 0.2) is 0 Å². The molecule has 2 aliphatic heterocycles. The number of likely N-dealkylation sites (tertiary alicyclic amines) is 2. The monoisotopic (exact) mass is 427 g/mol. The number of carbonyl (C=O) groups excluding carboxylic acids is 2. The molecule has 7 heteroatoms. The van der Waals surface area contributed by atoms with Gasteiger partial charge in [-0.25, -0.2) is 8.78 Å². The van der Waals surface area contributed by atoms with E-state index in [4.69, 9.17) is 0 Å². The van der Waals surface area contributed by atoms with Crippen LogP contribution >= 0.6 is 0 Å². The number of carbonyl (C=O) groups is 2. The molecule has 4 rings (SSSR count). The summed E-state index contributed by atoms with van der Waals surface area (Å²) >= 11 is 0. The van der Waals surface area contributed by atoms with Gasteiger partial charge in [-0.05, 0) is 56.0 Å². The fourth-order valence-corrected chi connectivity index (χ4v) is 4.73. The van der Waals surface area contributed by atoms with Crippen molar-refractivity contribution < 1.29 is 18.4 Å². The second-order valence-corrected chi connectivity index (χ2v) is 8.39. The Labute approximate surface area is 181 Å². The van der Waals surface area contributed by atoms with Crippen molar-refractivity contribution in [2.45, 2.75) is 51.2 Å². The van der Waals surface area contributed by atoms with Crippen LogP contribution in [0.1, 0.15) is 36.8 Å². The molecular weight excluding hydrogens is 400 g/mol. The van der Waals surface area contributed by atoms with Gasteiger partial charge in [0.05, 0.1) is 6.54 Å². The van der Waals surface area contributed by atoms with Crippen LogP contribution in [-0.4, -0.2) is 46.8 Å². The van der Waals surface area contributed by atoms with Gasteiger partial charge < -0.3 is 10.2 Å². The molecule has 2 saturated heterocycles. The molecule has 0 aliphatic carbocycles. The summed E-state index contributed by atoms with van der Waals surface area (Å²) in [6.07, 6.45) is 2.91. The number of hydrogen-bond acceptors (Lipinski definition) is 3. The third-order valence-corrected chi connectivity index (χ3v) is 6.39. The van der Waals surface area contributed by atoms with Gasteiger partial charge in [0.25, 0.3) is 0 Å². The molecule has 5 nitrogen and oxygen atoms in total. The van der Waals surface area contributed by atoms with E-state index in [0.29, 0.717) is 24.2 Å². The summed E-state index contributed by atoms with van der Waals surface area (Å²) in [4.78, 5) is 29.5. The number of benzene rings is 2. The highest BCUT2D eigenvalue weighted by atomic mass is 19.1. The van der Waals surface area contributed by atoms with Crippen LogP contribution in [0.15, 0.2) is 42.5 Å². The maximum absolute atomic E-state index is 13.8. The van der Waals surface area contributed by atoms with Crippen LogP contribution in [-0.2, 0) is 16.1 Å². The molecule has 2 aromatic rings. The van der Waals surface area contributed by atoms with Crippen LogP contribution in [0.3, 0.4) is 0 Å². The lowest BCUT2D eigenvalue weighted by atomic mass is 10.0. The average Bonchev–Trinajstić information content (AvgIpc) is 3.05. The number of fused-ring (bicyclic) bond motifs is 1. The van der Waals surface area contributed by atoms with E-state index in [2.05, 4.69) is 10.2 Å². The first kappa shape index (κ1) is 21.4. The summed E-state index contributed by atoms with van der Waals surface area (Å²) < 4.78 is 27.0. The number of anilines is 1. The van der Waals surface area contributed by atoms with E-state index in [1.807, 2.05) is 4.90 Å². The third-order valence-electron chi connectivity index (χ3n) is 6.39. The largest absolute Gasteiger partial charge is 0.334 e. The lowest BCUT2D eigenvalue weighted by Crippen LogP contribution is -2.47. The van der Waals surface area contributed by atoms with Gasteiger partial charge in [-0.1, -0.05) is 18.2 Å². The molecule has 2 aromatic carbocycles. The zero-order chi connectivity index (χ0) is 22.0. The van der Waals surface area contributed by atoms with Crippen molar-refractivity contribution in [1.29, 1.82) is 0 Å². The molecule has 0 aromatic heterocycles. The first-order valence-corrected chi connectivity index (χ1v) is 10.8. The first-order chi connectivity index (χ1) is 14.9. The van der Waals surface area contributed by atoms with E-state index in [1.54, 1.807) is 31.2 Å². The van der Waals surface area contributed by atoms with E-state index in [9.17, 15) is 18.4 Å². The lowest BCUT2D eigenvalue weighted by Gasteiger charge is -2.33. The maximum Gasteiger partial charge on any atom is 0.238 e. The summed E-state index contributed by atoms with van der Waals surface area (Å²) in [7, 11) is 0. The molecule has 0 radical (unpaired) electrons. The molecule has 31 heavy (non-hydrogen) atoms. The minimum atomic E-state index is -0.349. The Hall–Kier alpha value is -2.80. The number of hydrogen-bond donors (Lipinski definition) is 1. The van der Waals surface area contributed by atoms with Crippen molar-refractivity contribution in [3.63, 3.8) is 0 Å². The predicted octanol–water partition coefficient (Wildman–Crippen LogP) is 3.87. The first-order valence-electron chi connectivity index (χ1n) is 10.8. The van der Waals surface area contributed by atoms with Gasteiger partial charge in [0.2, 0.25) is 11.8 Å². The van der Waals surface area contributed by atoms with Crippen molar-refractivity contribution in [2.75, 3.05) is 18.4 Å². The molecule has 0 bridgehead atoms.